The fourth-order valence-electron chi connectivity index (χ4n) is 1.45. The van der Waals surface area contributed by atoms with Gasteiger partial charge in [-0.25, -0.2) is 4.79 Å². The van der Waals surface area contributed by atoms with Gasteiger partial charge in [-0.2, -0.15) is 4.39 Å². The highest BCUT2D eigenvalue weighted by Crippen LogP contribution is 2.20. The Labute approximate surface area is 94.6 Å². The van der Waals surface area contributed by atoms with Crippen molar-refractivity contribution in [3.05, 3.63) is 32.9 Å². The van der Waals surface area contributed by atoms with E-state index in [1.807, 2.05) is 4.98 Å². The van der Waals surface area contributed by atoms with Gasteiger partial charge in [0.15, 0.2) is 0 Å². The van der Waals surface area contributed by atoms with Crippen molar-refractivity contribution in [2.24, 2.45) is 0 Å². The topological polar surface area (TPSA) is 159 Å². The van der Waals surface area contributed by atoms with Crippen molar-refractivity contribution in [1.29, 1.82) is 0 Å². The molecule has 0 spiro atoms. The van der Waals surface area contributed by atoms with Crippen LogP contribution in [0.1, 0.15) is 19.1 Å². The van der Waals surface area contributed by atoms with Crippen LogP contribution in [-0.2, 0) is 4.74 Å². The van der Waals surface area contributed by atoms with Crippen LogP contribution in [0.4, 0.5) is 4.39 Å². The Morgan fingerprint density at radius 2 is 2.00 bits per heavy atom. The van der Waals surface area contributed by atoms with E-state index >= 15 is 0 Å². The summed E-state index contributed by atoms with van der Waals surface area (Å²) in [5, 5.41) is 0. The van der Waals surface area contributed by atoms with Gasteiger partial charge in [0.25, 0.3) is 5.56 Å². The van der Waals surface area contributed by atoms with Crippen LogP contribution in [0.3, 0.4) is 0 Å². The second kappa shape index (κ2) is 6.91. The number of nitrogens with one attached hydrogen (secondary N) is 1. The van der Waals surface area contributed by atoms with E-state index < -0.39 is 23.3 Å². The van der Waals surface area contributed by atoms with Crippen molar-refractivity contribution < 1.29 is 25.6 Å². The summed E-state index contributed by atoms with van der Waals surface area (Å²) in [5.41, 5.74) is -1.63. The van der Waals surface area contributed by atoms with Gasteiger partial charge in [0.2, 0.25) is 5.82 Å². The Morgan fingerprint density at radius 1 is 1.35 bits per heavy atom. The molecule has 1 aromatic rings. The Hall–Kier alpha value is -1.55. The molecule has 1 aromatic heterocycles. The minimum atomic E-state index is -0.996. The first-order valence-corrected chi connectivity index (χ1v) is 4.31. The molecule has 1 unspecified atom stereocenters. The second-order valence-corrected chi connectivity index (χ2v) is 3.11. The van der Waals surface area contributed by atoms with E-state index in [9.17, 15) is 14.0 Å². The van der Waals surface area contributed by atoms with Gasteiger partial charge in [-0.05, 0) is 12.8 Å². The molecule has 8 nitrogen and oxygen atoms in total. The molecule has 17 heavy (non-hydrogen) atoms. The number of halogens is 1. The molecule has 0 radical (unpaired) electrons. The highest BCUT2D eigenvalue weighted by molar-refractivity contribution is 4.88. The number of aromatic amines is 1. The Morgan fingerprint density at radius 3 is 2.53 bits per heavy atom. The second-order valence-electron chi connectivity index (χ2n) is 3.11. The fraction of sp³-hybridized carbons (Fsp3) is 0.500. The van der Waals surface area contributed by atoms with Gasteiger partial charge in [-0.15, -0.1) is 0 Å². The van der Waals surface area contributed by atoms with Gasteiger partial charge in [0.05, 0.1) is 6.20 Å². The number of hydrogen-bond acceptors (Lipinski definition) is 3. The summed E-state index contributed by atoms with van der Waals surface area (Å²) in [7, 11) is 0. The average molecular weight is 254 g/mol. The van der Waals surface area contributed by atoms with Crippen molar-refractivity contribution in [2.45, 2.75) is 19.1 Å². The maximum Gasteiger partial charge on any atom is 0.330 e. The average Bonchev–Trinajstić information content (AvgIpc) is 2.64. The third-order valence-corrected chi connectivity index (χ3v) is 2.14. The molecule has 0 aromatic carbocycles. The van der Waals surface area contributed by atoms with Gasteiger partial charge >= 0.3 is 5.69 Å². The SMILES string of the molecule is O.O.O.O=c1[nH]c(=O)n(C2CCCO2)cc1F. The lowest BCUT2D eigenvalue weighted by atomic mass is 10.3. The molecule has 100 valence electrons. The molecule has 1 aliphatic rings. The van der Waals surface area contributed by atoms with Crippen LogP contribution >= 0.6 is 0 Å². The summed E-state index contributed by atoms with van der Waals surface area (Å²) in [5.74, 6) is -0.972. The van der Waals surface area contributed by atoms with Crippen molar-refractivity contribution in [3.8, 4) is 0 Å². The Bertz CT molecular complexity index is 450. The zero-order chi connectivity index (χ0) is 10.1. The highest BCUT2D eigenvalue weighted by Gasteiger charge is 2.19. The molecule has 7 N–H and O–H groups in total. The quantitative estimate of drug-likeness (QED) is 0.588. The lowest BCUT2D eigenvalue weighted by Gasteiger charge is -2.11. The zero-order valence-electron chi connectivity index (χ0n) is 8.83. The summed E-state index contributed by atoms with van der Waals surface area (Å²) in [6.07, 6.45) is 1.93. The van der Waals surface area contributed by atoms with E-state index in [4.69, 9.17) is 4.74 Å². The predicted octanol–water partition coefficient (Wildman–Crippen LogP) is -2.49. The molecular formula is C8H15FN2O6. The molecule has 9 heteroatoms. The van der Waals surface area contributed by atoms with E-state index in [1.165, 1.54) is 0 Å². The Kier molecular flexibility index (Phi) is 7.25. The first kappa shape index (κ1) is 17.8. The van der Waals surface area contributed by atoms with Crippen molar-refractivity contribution in [3.63, 3.8) is 0 Å². The summed E-state index contributed by atoms with van der Waals surface area (Å²) >= 11 is 0. The molecule has 2 rings (SSSR count). The summed E-state index contributed by atoms with van der Waals surface area (Å²) in [6.45, 7) is 0.553. The molecule has 0 bridgehead atoms. The van der Waals surface area contributed by atoms with Crippen LogP contribution in [0, 0.1) is 5.82 Å². The van der Waals surface area contributed by atoms with Gasteiger partial charge in [0, 0.05) is 6.61 Å². The minimum Gasteiger partial charge on any atom is -0.412 e. The number of ether oxygens (including phenoxy) is 1. The molecule has 1 fully saturated rings. The van der Waals surface area contributed by atoms with E-state index in [0.717, 1.165) is 17.2 Å². The smallest absolute Gasteiger partial charge is 0.330 e. The first-order valence-electron chi connectivity index (χ1n) is 4.31. The number of aromatic nitrogens is 2. The van der Waals surface area contributed by atoms with Crippen molar-refractivity contribution in [2.75, 3.05) is 6.61 Å². The van der Waals surface area contributed by atoms with Crippen LogP contribution in [-0.4, -0.2) is 32.6 Å². The minimum absolute atomic E-state index is 0. The van der Waals surface area contributed by atoms with Crippen molar-refractivity contribution in [1.82, 2.24) is 9.55 Å². The largest absolute Gasteiger partial charge is 0.412 e. The maximum absolute atomic E-state index is 12.9. The van der Waals surface area contributed by atoms with Gasteiger partial charge < -0.3 is 21.2 Å². The summed E-state index contributed by atoms with van der Waals surface area (Å²) < 4.78 is 19.1. The molecule has 0 saturated carbocycles. The molecule has 1 saturated heterocycles. The number of hydrogen-bond donors (Lipinski definition) is 1. The third-order valence-electron chi connectivity index (χ3n) is 2.14. The highest BCUT2D eigenvalue weighted by atomic mass is 19.1. The van der Waals surface area contributed by atoms with Crippen LogP contribution < -0.4 is 11.2 Å². The molecule has 1 atom stereocenters. The lowest BCUT2D eigenvalue weighted by molar-refractivity contribution is 0.0517. The van der Waals surface area contributed by atoms with Crippen LogP contribution in [0.5, 0.6) is 0 Å². The number of rotatable bonds is 1. The summed E-state index contributed by atoms with van der Waals surface area (Å²) in [4.78, 5) is 23.8. The predicted molar refractivity (Wildman–Crippen MR) is 56.3 cm³/mol. The molecule has 1 aliphatic heterocycles. The maximum atomic E-state index is 12.9. The van der Waals surface area contributed by atoms with E-state index in [0.29, 0.717) is 13.0 Å². The van der Waals surface area contributed by atoms with E-state index in [2.05, 4.69) is 0 Å². The van der Waals surface area contributed by atoms with Gasteiger partial charge in [-0.1, -0.05) is 0 Å². The van der Waals surface area contributed by atoms with Gasteiger partial charge in [0.1, 0.15) is 6.23 Å². The zero-order valence-corrected chi connectivity index (χ0v) is 8.83. The molecule has 0 aliphatic carbocycles. The number of nitrogens with zero attached hydrogens (tertiary/aromatic N) is 1. The Balaban J connectivity index is 0. The molecule has 0 amide bonds. The van der Waals surface area contributed by atoms with Crippen LogP contribution in [0.25, 0.3) is 0 Å². The normalized spacial score (nSPS) is 17.6. The summed E-state index contributed by atoms with van der Waals surface area (Å²) in [6, 6.07) is 0. The van der Waals surface area contributed by atoms with Gasteiger partial charge in [-0.3, -0.25) is 14.3 Å². The van der Waals surface area contributed by atoms with Crippen molar-refractivity contribution >= 4 is 0 Å². The van der Waals surface area contributed by atoms with Crippen LogP contribution in [0.15, 0.2) is 15.8 Å². The monoisotopic (exact) mass is 254 g/mol. The third kappa shape index (κ3) is 3.46. The fourth-order valence-corrected chi connectivity index (χ4v) is 1.45. The standard InChI is InChI=1S/C8H9FN2O3.3H2O/c9-5-4-11(6-2-1-3-14-6)8(13)10-7(5)12;;;/h4,6H,1-3H2,(H,10,12,13);3*1H2. The lowest BCUT2D eigenvalue weighted by Crippen LogP contribution is -2.33. The van der Waals surface area contributed by atoms with E-state index in [1.54, 1.807) is 0 Å². The molecule has 2 heterocycles. The molecular weight excluding hydrogens is 239 g/mol. The number of H-pyrrole nitrogens is 1. The van der Waals surface area contributed by atoms with Crippen LogP contribution in [0.2, 0.25) is 0 Å². The van der Waals surface area contributed by atoms with E-state index in [-0.39, 0.29) is 16.4 Å². The first-order chi connectivity index (χ1) is 6.68.